The number of carbonyl (C=O) groups is 2. The maximum Gasteiger partial charge on any atom is 0.317 e. The van der Waals surface area contributed by atoms with E-state index in [4.69, 9.17) is 16.7 Å². The molecule has 2 aliphatic carbocycles. The van der Waals surface area contributed by atoms with Crippen molar-refractivity contribution in [1.82, 2.24) is 10.2 Å². The minimum absolute atomic E-state index is 0.0934. The van der Waals surface area contributed by atoms with Gasteiger partial charge < -0.3 is 10.4 Å². The van der Waals surface area contributed by atoms with E-state index >= 15 is 0 Å². The molecule has 1 amide bonds. The first kappa shape index (κ1) is 16.3. The van der Waals surface area contributed by atoms with Gasteiger partial charge >= 0.3 is 5.97 Å². The molecule has 0 saturated heterocycles. The third-order valence-corrected chi connectivity index (χ3v) is 4.81. The quantitative estimate of drug-likeness (QED) is 0.802. The number of rotatable bonds is 7. The predicted molar refractivity (Wildman–Crippen MR) is 87.7 cm³/mol. The number of hydrogen-bond acceptors (Lipinski definition) is 3. The Kier molecular flexibility index (Phi) is 4.87. The smallest absolute Gasteiger partial charge is 0.317 e. The van der Waals surface area contributed by atoms with Crippen LogP contribution in [-0.4, -0.2) is 47.1 Å². The highest BCUT2D eigenvalue weighted by Crippen LogP contribution is 2.33. The van der Waals surface area contributed by atoms with Crippen molar-refractivity contribution < 1.29 is 14.7 Å². The lowest BCUT2D eigenvalue weighted by Gasteiger charge is -2.42. The Hall–Kier alpha value is -1.59. The molecule has 0 spiro atoms. The lowest BCUT2D eigenvalue weighted by atomic mass is 9.85. The van der Waals surface area contributed by atoms with Crippen molar-refractivity contribution in [3.05, 3.63) is 34.9 Å². The molecule has 0 bridgehead atoms. The molecule has 1 aromatic carbocycles. The summed E-state index contributed by atoms with van der Waals surface area (Å²) in [6, 6.07) is 7.25. The molecule has 3 rings (SSSR count). The molecule has 0 heterocycles. The first-order valence-corrected chi connectivity index (χ1v) is 8.41. The van der Waals surface area contributed by atoms with Crippen molar-refractivity contribution in [2.75, 3.05) is 13.1 Å². The van der Waals surface area contributed by atoms with Crippen LogP contribution in [0.25, 0.3) is 0 Å². The molecule has 5 nitrogen and oxygen atoms in total. The Morgan fingerprint density at radius 2 is 2.04 bits per heavy atom. The Bertz CT molecular complexity index is 597. The lowest BCUT2D eigenvalue weighted by Crippen LogP contribution is -2.55. The second-order valence-electron chi connectivity index (χ2n) is 6.57. The zero-order valence-corrected chi connectivity index (χ0v) is 13.6. The van der Waals surface area contributed by atoms with Crippen LogP contribution in [-0.2, 0) is 4.79 Å². The molecule has 23 heavy (non-hydrogen) atoms. The van der Waals surface area contributed by atoms with E-state index in [1.165, 1.54) is 12.8 Å². The average Bonchev–Trinajstić information content (AvgIpc) is 3.25. The highest BCUT2D eigenvalue weighted by atomic mass is 35.5. The number of nitrogens with one attached hydrogen (secondary N) is 1. The molecule has 0 aromatic heterocycles. The summed E-state index contributed by atoms with van der Waals surface area (Å²) < 4.78 is 0. The molecule has 0 unspecified atom stereocenters. The standard InChI is InChI=1S/C17H21ClN2O3/c18-13-3-1-2-12(6-13)17(23)19-14-7-15(8-14)20(10-16(21)22)9-11-4-5-11/h1-3,6,11,14-15H,4-5,7-10H2,(H,19,23)(H,21,22). The maximum absolute atomic E-state index is 12.2. The first-order valence-electron chi connectivity index (χ1n) is 8.03. The van der Waals surface area contributed by atoms with Crippen molar-refractivity contribution in [1.29, 1.82) is 0 Å². The van der Waals surface area contributed by atoms with Crippen LogP contribution in [0.5, 0.6) is 0 Å². The van der Waals surface area contributed by atoms with Gasteiger partial charge in [0.15, 0.2) is 0 Å². The van der Waals surface area contributed by atoms with E-state index in [1.54, 1.807) is 24.3 Å². The molecule has 1 aromatic rings. The Morgan fingerprint density at radius 3 is 2.65 bits per heavy atom. The number of carboxylic acids is 1. The SMILES string of the molecule is O=C(O)CN(CC1CC1)C1CC(NC(=O)c2cccc(Cl)c2)C1. The third-order valence-electron chi connectivity index (χ3n) is 4.58. The fourth-order valence-electron chi connectivity index (χ4n) is 3.05. The molecule has 6 heteroatoms. The van der Waals surface area contributed by atoms with Crippen LogP contribution in [0, 0.1) is 5.92 Å². The van der Waals surface area contributed by atoms with Gasteiger partial charge in [0.25, 0.3) is 5.91 Å². The summed E-state index contributed by atoms with van der Waals surface area (Å²) in [7, 11) is 0. The lowest BCUT2D eigenvalue weighted by molar-refractivity contribution is -0.139. The number of carboxylic acid groups (broad SMARTS) is 1. The van der Waals surface area contributed by atoms with Gasteiger partial charge in [0.1, 0.15) is 0 Å². The van der Waals surface area contributed by atoms with Crippen LogP contribution in [0.15, 0.2) is 24.3 Å². The van der Waals surface area contributed by atoms with Gasteiger partial charge in [-0.1, -0.05) is 17.7 Å². The summed E-state index contributed by atoms with van der Waals surface area (Å²) in [6.07, 6.45) is 4.04. The Labute approximate surface area is 140 Å². The van der Waals surface area contributed by atoms with Crippen molar-refractivity contribution in [2.24, 2.45) is 5.92 Å². The van der Waals surface area contributed by atoms with Gasteiger partial charge in [-0.05, 0) is 49.8 Å². The summed E-state index contributed by atoms with van der Waals surface area (Å²) in [5.41, 5.74) is 0.557. The molecule has 2 N–H and O–H groups in total. The van der Waals surface area contributed by atoms with Crippen LogP contribution < -0.4 is 5.32 Å². The first-order chi connectivity index (χ1) is 11.0. The van der Waals surface area contributed by atoms with Gasteiger partial charge in [-0.3, -0.25) is 14.5 Å². The normalized spacial score (nSPS) is 23.4. The molecule has 124 valence electrons. The van der Waals surface area contributed by atoms with Crippen LogP contribution >= 0.6 is 11.6 Å². The molecule has 0 atom stereocenters. The van der Waals surface area contributed by atoms with Crippen molar-refractivity contribution in [3.63, 3.8) is 0 Å². The van der Waals surface area contributed by atoms with Crippen molar-refractivity contribution >= 4 is 23.5 Å². The van der Waals surface area contributed by atoms with Crippen LogP contribution in [0.4, 0.5) is 0 Å². The van der Waals surface area contributed by atoms with Gasteiger partial charge in [0, 0.05) is 29.2 Å². The number of benzene rings is 1. The van der Waals surface area contributed by atoms with E-state index in [0.717, 1.165) is 19.4 Å². The second kappa shape index (κ2) is 6.89. The number of nitrogens with zero attached hydrogens (tertiary/aromatic N) is 1. The molecule has 0 radical (unpaired) electrons. The van der Waals surface area contributed by atoms with Crippen LogP contribution in [0.1, 0.15) is 36.0 Å². The molecule has 2 aliphatic rings. The monoisotopic (exact) mass is 336 g/mol. The minimum atomic E-state index is -0.780. The Morgan fingerprint density at radius 1 is 1.30 bits per heavy atom. The summed E-state index contributed by atoms with van der Waals surface area (Å²) >= 11 is 5.90. The van der Waals surface area contributed by atoms with E-state index in [9.17, 15) is 9.59 Å². The van der Waals surface area contributed by atoms with Gasteiger partial charge in [-0.15, -0.1) is 0 Å². The molecule has 0 aliphatic heterocycles. The average molecular weight is 337 g/mol. The molecule has 2 saturated carbocycles. The highest BCUT2D eigenvalue weighted by molar-refractivity contribution is 6.30. The number of hydrogen-bond donors (Lipinski definition) is 2. The summed E-state index contributed by atoms with van der Waals surface area (Å²) in [4.78, 5) is 25.2. The third kappa shape index (κ3) is 4.45. The minimum Gasteiger partial charge on any atom is -0.480 e. The fourth-order valence-corrected chi connectivity index (χ4v) is 3.24. The zero-order valence-electron chi connectivity index (χ0n) is 12.9. The number of halogens is 1. The largest absolute Gasteiger partial charge is 0.480 e. The van der Waals surface area contributed by atoms with E-state index in [2.05, 4.69) is 10.2 Å². The Balaban J connectivity index is 1.49. The van der Waals surface area contributed by atoms with E-state index in [-0.39, 0.29) is 24.5 Å². The van der Waals surface area contributed by atoms with Crippen molar-refractivity contribution in [3.8, 4) is 0 Å². The van der Waals surface area contributed by atoms with Crippen LogP contribution in [0.3, 0.4) is 0 Å². The van der Waals surface area contributed by atoms with Crippen molar-refractivity contribution in [2.45, 2.75) is 37.8 Å². The second-order valence-corrected chi connectivity index (χ2v) is 7.01. The molecular weight excluding hydrogens is 316 g/mol. The zero-order chi connectivity index (χ0) is 16.4. The van der Waals surface area contributed by atoms with Gasteiger partial charge in [0.2, 0.25) is 0 Å². The van der Waals surface area contributed by atoms with Gasteiger partial charge in [0.05, 0.1) is 6.54 Å². The van der Waals surface area contributed by atoms with E-state index < -0.39 is 5.97 Å². The molecule has 2 fully saturated rings. The van der Waals surface area contributed by atoms with E-state index in [1.807, 2.05) is 0 Å². The highest BCUT2D eigenvalue weighted by Gasteiger charge is 2.37. The fraction of sp³-hybridized carbons (Fsp3) is 0.529. The summed E-state index contributed by atoms with van der Waals surface area (Å²) in [6.45, 7) is 0.960. The number of aliphatic carboxylic acids is 1. The topological polar surface area (TPSA) is 69.6 Å². The summed E-state index contributed by atoms with van der Waals surface area (Å²) in [5, 5.41) is 12.6. The van der Waals surface area contributed by atoms with Crippen LogP contribution in [0.2, 0.25) is 5.02 Å². The maximum atomic E-state index is 12.2. The van der Waals surface area contributed by atoms with Gasteiger partial charge in [-0.25, -0.2) is 0 Å². The van der Waals surface area contributed by atoms with E-state index in [0.29, 0.717) is 16.5 Å². The molecular formula is C17H21ClN2O3. The number of amides is 1. The van der Waals surface area contributed by atoms with Gasteiger partial charge in [-0.2, -0.15) is 0 Å². The summed E-state index contributed by atoms with van der Waals surface area (Å²) in [5.74, 6) is -0.241. The predicted octanol–water partition coefficient (Wildman–Crippen LogP) is 2.40. The number of carbonyl (C=O) groups excluding carboxylic acids is 1.